The lowest BCUT2D eigenvalue weighted by Gasteiger charge is -2.33. The second kappa shape index (κ2) is 9.85. The zero-order chi connectivity index (χ0) is 16.8. The molecule has 0 unspecified atom stereocenters. The number of aryl methyl sites for hydroxylation is 2. The summed E-state index contributed by atoms with van der Waals surface area (Å²) in [4.78, 5) is 18.1. The van der Waals surface area contributed by atoms with Crippen LogP contribution in [0.2, 0.25) is 0 Å². The Kier molecular flexibility index (Phi) is 8.51. The zero-order valence-electron chi connectivity index (χ0n) is 14.8. The molecule has 1 aliphatic heterocycles. The van der Waals surface area contributed by atoms with Crippen molar-refractivity contribution in [3.05, 3.63) is 17.0 Å². The number of carbonyl (C=O) groups is 1. The number of methoxy groups -OCH3 is 1. The van der Waals surface area contributed by atoms with Gasteiger partial charge in [0.05, 0.1) is 18.7 Å². The number of piperidine rings is 1. The molecule has 0 aromatic carbocycles. The van der Waals surface area contributed by atoms with Gasteiger partial charge in [0.25, 0.3) is 0 Å². The summed E-state index contributed by atoms with van der Waals surface area (Å²) in [5.41, 5.74) is 2.09. The molecule has 1 saturated heterocycles. The van der Waals surface area contributed by atoms with Crippen molar-refractivity contribution in [2.75, 3.05) is 33.8 Å². The molecular formula is C16H27IN4O3. The van der Waals surface area contributed by atoms with Gasteiger partial charge in [-0.05, 0) is 33.1 Å². The second-order valence-electron chi connectivity index (χ2n) is 5.81. The van der Waals surface area contributed by atoms with Crippen LogP contribution >= 0.6 is 24.0 Å². The van der Waals surface area contributed by atoms with Crippen molar-refractivity contribution in [3.63, 3.8) is 0 Å². The Morgan fingerprint density at radius 3 is 2.58 bits per heavy atom. The third-order valence-corrected chi connectivity index (χ3v) is 4.38. The monoisotopic (exact) mass is 450 g/mol. The molecule has 0 atom stereocenters. The molecule has 2 heterocycles. The van der Waals surface area contributed by atoms with Crippen molar-refractivity contribution in [1.29, 1.82) is 0 Å². The Hall–Kier alpha value is -1.32. The van der Waals surface area contributed by atoms with Gasteiger partial charge in [0.2, 0.25) is 0 Å². The topological polar surface area (TPSA) is 80.0 Å². The number of likely N-dealkylation sites (tertiary alicyclic amines) is 1. The fraction of sp³-hybridized carbons (Fsp3) is 0.688. The molecule has 0 bridgehead atoms. The Balaban J connectivity index is 0.00000288. The van der Waals surface area contributed by atoms with Crippen molar-refractivity contribution in [3.8, 4) is 0 Å². The summed E-state index contributed by atoms with van der Waals surface area (Å²) in [6.07, 6.45) is 2.45. The summed E-state index contributed by atoms with van der Waals surface area (Å²) >= 11 is 0. The summed E-state index contributed by atoms with van der Waals surface area (Å²) < 4.78 is 10.0. The van der Waals surface area contributed by atoms with Crippen LogP contribution in [0.3, 0.4) is 0 Å². The van der Waals surface area contributed by atoms with Gasteiger partial charge in [-0.15, -0.1) is 24.0 Å². The van der Waals surface area contributed by atoms with E-state index in [1.165, 1.54) is 7.11 Å². The molecule has 0 spiro atoms. The van der Waals surface area contributed by atoms with Gasteiger partial charge in [-0.1, -0.05) is 5.16 Å². The number of ether oxygens (including phenoxy) is 1. The summed E-state index contributed by atoms with van der Waals surface area (Å²) in [5, 5.41) is 7.35. The van der Waals surface area contributed by atoms with Crippen molar-refractivity contribution in [1.82, 2.24) is 15.4 Å². The van der Waals surface area contributed by atoms with E-state index in [1.807, 2.05) is 13.8 Å². The van der Waals surface area contributed by atoms with Gasteiger partial charge in [-0.3, -0.25) is 9.79 Å². The van der Waals surface area contributed by atoms with Gasteiger partial charge in [0.15, 0.2) is 5.96 Å². The van der Waals surface area contributed by atoms with Crippen LogP contribution < -0.4 is 5.32 Å². The van der Waals surface area contributed by atoms with Gasteiger partial charge < -0.3 is 19.5 Å². The fourth-order valence-electron chi connectivity index (χ4n) is 2.98. The van der Waals surface area contributed by atoms with Gasteiger partial charge in [0.1, 0.15) is 5.76 Å². The average molecular weight is 450 g/mol. The molecule has 0 amide bonds. The standard InChI is InChI=1S/C16H26N4O3.HI/c1-11-14(12(2)23-19-11)5-8-18-16(17-3)20-9-6-13(7-10-20)15(21)22-4;/h13H,5-10H2,1-4H3,(H,17,18);1H. The third-order valence-electron chi connectivity index (χ3n) is 4.38. The number of rotatable bonds is 4. The van der Waals surface area contributed by atoms with Gasteiger partial charge >= 0.3 is 5.97 Å². The molecule has 1 aliphatic rings. The van der Waals surface area contributed by atoms with Crippen LogP contribution in [0.4, 0.5) is 0 Å². The molecule has 136 valence electrons. The molecular weight excluding hydrogens is 423 g/mol. The molecule has 0 radical (unpaired) electrons. The Morgan fingerprint density at radius 2 is 2.08 bits per heavy atom. The Morgan fingerprint density at radius 1 is 1.42 bits per heavy atom. The van der Waals surface area contributed by atoms with E-state index in [0.717, 1.165) is 61.9 Å². The predicted molar refractivity (Wildman–Crippen MR) is 103 cm³/mol. The van der Waals surface area contributed by atoms with Gasteiger partial charge in [-0.25, -0.2) is 0 Å². The SMILES string of the molecule is CN=C(NCCc1c(C)noc1C)N1CCC(C(=O)OC)CC1.I. The maximum absolute atomic E-state index is 11.6. The smallest absolute Gasteiger partial charge is 0.308 e. The molecule has 0 aliphatic carbocycles. The maximum Gasteiger partial charge on any atom is 0.308 e. The molecule has 1 aromatic rings. The molecule has 24 heavy (non-hydrogen) atoms. The summed E-state index contributed by atoms with van der Waals surface area (Å²) in [7, 11) is 3.23. The number of aliphatic imine (C=N–C) groups is 1. The van der Waals surface area contributed by atoms with Crippen LogP contribution in [0, 0.1) is 19.8 Å². The van der Waals surface area contributed by atoms with E-state index in [1.54, 1.807) is 7.05 Å². The quantitative estimate of drug-likeness (QED) is 0.327. The minimum Gasteiger partial charge on any atom is -0.469 e. The highest BCUT2D eigenvalue weighted by atomic mass is 127. The first-order valence-corrected chi connectivity index (χ1v) is 8.02. The van der Waals surface area contributed by atoms with Crippen LogP contribution in [0.1, 0.15) is 29.9 Å². The largest absolute Gasteiger partial charge is 0.469 e. The molecule has 1 fully saturated rings. The van der Waals surface area contributed by atoms with E-state index in [2.05, 4.69) is 20.4 Å². The van der Waals surface area contributed by atoms with Crippen LogP contribution in [0.25, 0.3) is 0 Å². The summed E-state index contributed by atoms with van der Waals surface area (Å²) in [5.74, 6) is 1.65. The number of guanidine groups is 1. The number of nitrogens with zero attached hydrogens (tertiary/aromatic N) is 3. The second-order valence-corrected chi connectivity index (χ2v) is 5.81. The number of aromatic nitrogens is 1. The highest BCUT2D eigenvalue weighted by Crippen LogP contribution is 2.18. The normalized spacial score (nSPS) is 15.8. The number of hydrogen-bond acceptors (Lipinski definition) is 5. The van der Waals surface area contributed by atoms with Crippen molar-refractivity contribution >= 4 is 35.9 Å². The molecule has 1 N–H and O–H groups in total. The van der Waals surface area contributed by atoms with E-state index in [0.29, 0.717) is 0 Å². The minimum absolute atomic E-state index is 0. The van der Waals surface area contributed by atoms with Gasteiger partial charge in [-0.2, -0.15) is 0 Å². The van der Waals surface area contributed by atoms with Crippen LogP contribution in [-0.4, -0.2) is 55.8 Å². The van der Waals surface area contributed by atoms with E-state index in [4.69, 9.17) is 9.26 Å². The van der Waals surface area contributed by atoms with Crippen molar-refractivity contribution in [2.45, 2.75) is 33.1 Å². The van der Waals surface area contributed by atoms with Crippen LogP contribution in [0.15, 0.2) is 9.52 Å². The summed E-state index contributed by atoms with van der Waals surface area (Å²) in [6.45, 7) is 6.28. The first-order chi connectivity index (χ1) is 11.1. The van der Waals surface area contributed by atoms with Gasteiger partial charge in [0, 0.05) is 32.2 Å². The van der Waals surface area contributed by atoms with E-state index in [-0.39, 0.29) is 35.9 Å². The molecule has 0 saturated carbocycles. The Labute approximate surface area is 160 Å². The molecule has 1 aromatic heterocycles. The summed E-state index contributed by atoms with van der Waals surface area (Å²) in [6, 6.07) is 0. The average Bonchev–Trinajstić information content (AvgIpc) is 2.90. The fourth-order valence-corrected chi connectivity index (χ4v) is 2.98. The number of halogens is 1. The van der Waals surface area contributed by atoms with E-state index in [9.17, 15) is 4.79 Å². The zero-order valence-corrected chi connectivity index (χ0v) is 17.1. The highest BCUT2D eigenvalue weighted by molar-refractivity contribution is 14.0. The predicted octanol–water partition coefficient (Wildman–Crippen LogP) is 1.91. The number of hydrogen-bond donors (Lipinski definition) is 1. The highest BCUT2D eigenvalue weighted by Gasteiger charge is 2.26. The van der Waals surface area contributed by atoms with Crippen molar-refractivity contribution in [2.24, 2.45) is 10.9 Å². The Bertz CT molecular complexity index is 546. The number of carbonyl (C=O) groups excluding carboxylic acids is 1. The maximum atomic E-state index is 11.6. The third kappa shape index (κ3) is 5.09. The van der Waals surface area contributed by atoms with E-state index < -0.39 is 0 Å². The molecule has 8 heteroatoms. The van der Waals surface area contributed by atoms with Crippen LogP contribution in [0.5, 0.6) is 0 Å². The lowest BCUT2D eigenvalue weighted by Crippen LogP contribution is -2.47. The van der Waals surface area contributed by atoms with Crippen LogP contribution in [-0.2, 0) is 16.0 Å². The first kappa shape index (κ1) is 20.7. The lowest BCUT2D eigenvalue weighted by atomic mass is 9.97. The van der Waals surface area contributed by atoms with Crippen molar-refractivity contribution < 1.29 is 14.1 Å². The lowest BCUT2D eigenvalue weighted by molar-refractivity contribution is -0.146. The molecule has 2 rings (SSSR count). The number of nitrogens with one attached hydrogen (secondary N) is 1. The first-order valence-electron chi connectivity index (χ1n) is 8.02. The van der Waals surface area contributed by atoms with E-state index >= 15 is 0 Å². The molecule has 7 nitrogen and oxygen atoms in total. The minimum atomic E-state index is -0.106. The number of esters is 1.